The SMILES string of the molecule is Cc1ccc(Nc2ncnc(Cl)c2Br)c(C)c1. The summed E-state index contributed by atoms with van der Waals surface area (Å²) < 4.78 is 0.668. The molecule has 1 heterocycles. The number of hydrogen-bond acceptors (Lipinski definition) is 3. The molecule has 5 heteroatoms. The molecule has 2 rings (SSSR count). The molecule has 88 valence electrons. The van der Waals surface area contributed by atoms with Gasteiger partial charge in [-0.15, -0.1) is 0 Å². The molecule has 1 aromatic heterocycles. The lowest BCUT2D eigenvalue weighted by molar-refractivity contribution is 1.15. The molecule has 0 fully saturated rings. The van der Waals surface area contributed by atoms with Gasteiger partial charge in [-0.25, -0.2) is 9.97 Å². The minimum Gasteiger partial charge on any atom is -0.339 e. The van der Waals surface area contributed by atoms with Gasteiger partial charge in [-0.2, -0.15) is 0 Å². The van der Waals surface area contributed by atoms with Crippen LogP contribution in [0.25, 0.3) is 0 Å². The van der Waals surface area contributed by atoms with Crippen LogP contribution in [0.3, 0.4) is 0 Å². The predicted octanol–water partition coefficient (Wildman–Crippen LogP) is 4.25. The zero-order valence-corrected chi connectivity index (χ0v) is 11.8. The smallest absolute Gasteiger partial charge is 0.149 e. The van der Waals surface area contributed by atoms with E-state index in [9.17, 15) is 0 Å². The number of aryl methyl sites for hydroxylation is 2. The maximum Gasteiger partial charge on any atom is 0.149 e. The van der Waals surface area contributed by atoms with Gasteiger partial charge < -0.3 is 5.32 Å². The van der Waals surface area contributed by atoms with E-state index in [2.05, 4.69) is 44.2 Å². The maximum atomic E-state index is 5.91. The normalized spacial score (nSPS) is 10.4. The largest absolute Gasteiger partial charge is 0.339 e. The molecule has 0 aliphatic carbocycles. The van der Waals surface area contributed by atoms with Crippen molar-refractivity contribution in [2.24, 2.45) is 0 Å². The van der Waals surface area contributed by atoms with Crippen LogP contribution in [-0.2, 0) is 0 Å². The van der Waals surface area contributed by atoms with Gasteiger partial charge in [-0.3, -0.25) is 0 Å². The van der Waals surface area contributed by atoms with Crippen molar-refractivity contribution in [2.45, 2.75) is 13.8 Å². The Morgan fingerprint density at radius 3 is 2.71 bits per heavy atom. The number of anilines is 2. The van der Waals surface area contributed by atoms with Crippen molar-refractivity contribution >= 4 is 39.0 Å². The molecule has 0 radical (unpaired) electrons. The topological polar surface area (TPSA) is 37.8 Å². The summed E-state index contributed by atoms with van der Waals surface area (Å²) in [5.74, 6) is 0.664. The number of nitrogens with zero attached hydrogens (tertiary/aromatic N) is 2. The Hall–Kier alpha value is -1.13. The summed E-state index contributed by atoms with van der Waals surface area (Å²) in [6.45, 7) is 4.11. The second kappa shape index (κ2) is 5.02. The van der Waals surface area contributed by atoms with E-state index < -0.39 is 0 Å². The first-order valence-corrected chi connectivity index (χ1v) is 6.25. The minimum absolute atomic E-state index is 0.396. The van der Waals surface area contributed by atoms with E-state index in [0.29, 0.717) is 15.4 Å². The van der Waals surface area contributed by atoms with Crippen LogP contribution in [0, 0.1) is 13.8 Å². The predicted molar refractivity (Wildman–Crippen MR) is 73.9 cm³/mol. The van der Waals surface area contributed by atoms with Gasteiger partial charge >= 0.3 is 0 Å². The Balaban J connectivity index is 2.35. The number of nitrogens with one attached hydrogen (secondary N) is 1. The molecular weight excluding hydrogens is 302 g/mol. The molecule has 0 bridgehead atoms. The fourth-order valence-electron chi connectivity index (χ4n) is 1.52. The molecule has 1 N–H and O–H groups in total. The van der Waals surface area contributed by atoms with Gasteiger partial charge in [0.2, 0.25) is 0 Å². The van der Waals surface area contributed by atoms with E-state index in [1.807, 2.05) is 19.1 Å². The minimum atomic E-state index is 0.396. The van der Waals surface area contributed by atoms with Crippen molar-refractivity contribution < 1.29 is 0 Å². The lowest BCUT2D eigenvalue weighted by Gasteiger charge is -2.10. The Morgan fingerprint density at radius 1 is 1.24 bits per heavy atom. The fraction of sp³-hybridized carbons (Fsp3) is 0.167. The van der Waals surface area contributed by atoms with Gasteiger partial charge in [0, 0.05) is 5.69 Å². The van der Waals surface area contributed by atoms with Crippen LogP contribution >= 0.6 is 27.5 Å². The molecule has 0 unspecified atom stereocenters. The van der Waals surface area contributed by atoms with E-state index in [1.165, 1.54) is 11.9 Å². The molecule has 0 saturated heterocycles. The third-order valence-electron chi connectivity index (χ3n) is 2.38. The lowest BCUT2D eigenvalue weighted by Crippen LogP contribution is -1.98. The van der Waals surface area contributed by atoms with Crippen molar-refractivity contribution in [1.29, 1.82) is 0 Å². The summed E-state index contributed by atoms with van der Waals surface area (Å²) in [4.78, 5) is 8.03. The molecule has 0 atom stereocenters. The Labute approximate surface area is 113 Å². The van der Waals surface area contributed by atoms with Crippen molar-refractivity contribution in [3.63, 3.8) is 0 Å². The molecule has 0 spiro atoms. The van der Waals surface area contributed by atoms with E-state index in [4.69, 9.17) is 11.6 Å². The Bertz CT molecular complexity index is 557. The van der Waals surface area contributed by atoms with Crippen molar-refractivity contribution in [3.8, 4) is 0 Å². The monoisotopic (exact) mass is 311 g/mol. The number of rotatable bonds is 2. The maximum absolute atomic E-state index is 5.91. The van der Waals surface area contributed by atoms with Crippen LogP contribution in [0.15, 0.2) is 29.0 Å². The lowest BCUT2D eigenvalue weighted by atomic mass is 10.1. The molecule has 0 aliphatic rings. The van der Waals surface area contributed by atoms with E-state index in [1.54, 1.807) is 0 Å². The number of aromatic nitrogens is 2. The van der Waals surface area contributed by atoms with Gasteiger partial charge in [0.25, 0.3) is 0 Å². The Kier molecular flexibility index (Phi) is 3.64. The summed E-state index contributed by atoms with van der Waals surface area (Å²) in [6, 6.07) is 6.18. The molecule has 0 aliphatic heterocycles. The third-order valence-corrected chi connectivity index (χ3v) is 3.65. The van der Waals surface area contributed by atoms with Crippen molar-refractivity contribution in [2.75, 3.05) is 5.32 Å². The highest BCUT2D eigenvalue weighted by Crippen LogP contribution is 2.29. The van der Waals surface area contributed by atoms with Gasteiger partial charge in [-0.1, -0.05) is 29.3 Å². The quantitative estimate of drug-likeness (QED) is 0.842. The van der Waals surface area contributed by atoms with Crippen molar-refractivity contribution in [1.82, 2.24) is 9.97 Å². The zero-order chi connectivity index (χ0) is 12.4. The third kappa shape index (κ3) is 2.76. The van der Waals surface area contributed by atoms with Crippen LogP contribution in [0.5, 0.6) is 0 Å². The molecule has 17 heavy (non-hydrogen) atoms. The number of halogens is 2. The van der Waals surface area contributed by atoms with Gasteiger partial charge in [-0.05, 0) is 41.4 Å². The highest BCUT2D eigenvalue weighted by molar-refractivity contribution is 9.10. The summed E-state index contributed by atoms with van der Waals surface area (Å²) in [7, 11) is 0. The average Bonchev–Trinajstić information content (AvgIpc) is 2.28. The first kappa shape index (κ1) is 12.3. The first-order chi connectivity index (χ1) is 8.08. The van der Waals surface area contributed by atoms with Crippen LogP contribution in [0.4, 0.5) is 11.5 Å². The summed E-state index contributed by atoms with van der Waals surface area (Å²) in [6.07, 6.45) is 1.43. The average molecular weight is 313 g/mol. The van der Waals surface area contributed by atoms with Gasteiger partial charge in [0.15, 0.2) is 0 Å². The molecule has 3 nitrogen and oxygen atoms in total. The molecular formula is C12H11BrClN3. The molecule has 2 aromatic rings. The van der Waals surface area contributed by atoms with E-state index in [-0.39, 0.29) is 0 Å². The summed E-state index contributed by atoms with van der Waals surface area (Å²) in [5, 5.41) is 3.62. The van der Waals surface area contributed by atoms with E-state index in [0.717, 1.165) is 11.3 Å². The fourth-order valence-corrected chi connectivity index (χ4v) is 1.95. The highest BCUT2D eigenvalue weighted by atomic mass is 79.9. The number of hydrogen-bond donors (Lipinski definition) is 1. The number of benzene rings is 1. The second-order valence-corrected chi connectivity index (χ2v) is 4.92. The van der Waals surface area contributed by atoms with Crippen LogP contribution in [-0.4, -0.2) is 9.97 Å². The zero-order valence-electron chi connectivity index (χ0n) is 9.46. The van der Waals surface area contributed by atoms with Crippen LogP contribution in [0.2, 0.25) is 5.15 Å². The summed E-state index contributed by atoms with van der Waals surface area (Å²) >= 11 is 9.26. The van der Waals surface area contributed by atoms with Crippen LogP contribution < -0.4 is 5.32 Å². The van der Waals surface area contributed by atoms with Gasteiger partial charge in [0.05, 0.1) is 4.47 Å². The first-order valence-electron chi connectivity index (χ1n) is 5.08. The molecule has 1 aromatic carbocycles. The summed E-state index contributed by atoms with van der Waals surface area (Å²) in [5.41, 5.74) is 3.39. The van der Waals surface area contributed by atoms with Crippen LogP contribution in [0.1, 0.15) is 11.1 Å². The van der Waals surface area contributed by atoms with E-state index >= 15 is 0 Å². The standard InChI is InChI=1S/C12H11BrClN3/c1-7-3-4-9(8(2)5-7)17-12-10(13)11(14)15-6-16-12/h3-6H,1-2H3,(H,15,16,17). The molecule has 0 amide bonds. The van der Waals surface area contributed by atoms with Crippen molar-refractivity contribution in [3.05, 3.63) is 45.3 Å². The highest BCUT2D eigenvalue weighted by Gasteiger charge is 2.07. The Morgan fingerprint density at radius 2 is 2.00 bits per heavy atom. The molecule has 0 saturated carbocycles. The second-order valence-electron chi connectivity index (χ2n) is 3.77. The van der Waals surface area contributed by atoms with Gasteiger partial charge in [0.1, 0.15) is 17.3 Å².